The lowest BCUT2D eigenvalue weighted by Gasteiger charge is -2.24. The Morgan fingerprint density at radius 1 is 1.00 bits per heavy atom. The molecule has 2 N–H and O–H groups in total. The molecule has 3 aromatic carbocycles. The van der Waals surface area contributed by atoms with Crippen molar-refractivity contribution in [3.63, 3.8) is 0 Å². The molecule has 1 unspecified atom stereocenters. The highest BCUT2D eigenvalue weighted by molar-refractivity contribution is 7.52. The van der Waals surface area contributed by atoms with Crippen LogP contribution in [0.5, 0.6) is 11.5 Å². The van der Waals surface area contributed by atoms with Crippen LogP contribution in [-0.4, -0.2) is 28.5 Å². The molecular weight excluding hydrogens is 485 g/mol. The molecule has 36 heavy (non-hydrogen) atoms. The van der Waals surface area contributed by atoms with E-state index >= 15 is 0 Å². The van der Waals surface area contributed by atoms with E-state index in [1.165, 1.54) is 24.3 Å². The second-order valence-corrected chi connectivity index (χ2v) is 9.36. The van der Waals surface area contributed by atoms with E-state index in [9.17, 15) is 19.5 Å². The van der Waals surface area contributed by atoms with Gasteiger partial charge in [-0.25, -0.2) is 4.57 Å². The molecule has 0 amide bonds. The molecule has 1 heterocycles. The highest BCUT2D eigenvalue weighted by Gasteiger charge is 2.36. The fourth-order valence-electron chi connectivity index (χ4n) is 3.59. The molecule has 0 aliphatic heterocycles. The SMILES string of the molecule is CCOC(=O)[C@H](Cc1c[nH]c2ccccc12)NP(=O)(Oc1ccccc1)Oc1ccc([N+](=O)[O-])cc1. The van der Waals surface area contributed by atoms with Gasteiger partial charge in [0.1, 0.15) is 17.5 Å². The van der Waals surface area contributed by atoms with Crippen molar-refractivity contribution in [1.82, 2.24) is 10.1 Å². The summed E-state index contributed by atoms with van der Waals surface area (Å²) in [6.45, 7) is 1.80. The number of nitrogens with one attached hydrogen (secondary N) is 2. The van der Waals surface area contributed by atoms with Crippen LogP contribution in [0.15, 0.2) is 85.1 Å². The predicted molar refractivity (Wildman–Crippen MR) is 134 cm³/mol. The molecule has 2 atom stereocenters. The molecule has 0 radical (unpaired) electrons. The molecule has 4 aromatic rings. The second kappa shape index (κ2) is 11.1. The molecule has 4 rings (SSSR count). The van der Waals surface area contributed by atoms with E-state index in [4.69, 9.17) is 13.8 Å². The number of aromatic amines is 1. The number of nitro benzene ring substituents is 1. The van der Waals surface area contributed by atoms with Crippen LogP contribution in [0.1, 0.15) is 12.5 Å². The maximum absolute atomic E-state index is 14.0. The number of nitrogens with zero attached hydrogens (tertiary/aromatic N) is 1. The molecule has 10 nitrogen and oxygen atoms in total. The van der Waals surface area contributed by atoms with Crippen molar-refractivity contribution in [2.24, 2.45) is 0 Å². The Kier molecular flexibility index (Phi) is 7.68. The first-order valence-electron chi connectivity index (χ1n) is 11.1. The summed E-state index contributed by atoms with van der Waals surface area (Å²) < 4.78 is 30.6. The van der Waals surface area contributed by atoms with Crippen molar-refractivity contribution in [3.05, 3.63) is 101 Å². The van der Waals surface area contributed by atoms with Gasteiger partial charge in [-0.1, -0.05) is 36.4 Å². The summed E-state index contributed by atoms with van der Waals surface area (Å²) in [4.78, 5) is 26.5. The van der Waals surface area contributed by atoms with Crippen molar-refractivity contribution in [1.29, 1.82) is 0 Å². The third kappa shape index (κ3) is 6.10. The first kappa shape index (κ1) is 25.0. The van der Waals surface area contributed by atoms with Crippen molar-refractivity contribution in [2.75, 3.05) is 6.61 Å². The number of para-hydroxylation sites is 2. The zero-order chi connectivity index (χ0) is 25.5. The highest BCUT2D eigenvalue weighted by atomic mass is 31.2. The molecule has 0 bridgehead atoms. The van der Waals surface area contributed by atoms with Crippen LogP contribution in [0, 0.1) is 10.1 Å². The number of carbonyl (C=O) groups excluding carboxylic acids is 1. The highest BCUT2D eigenvalue weighted by Crippen LogP contribution is 2.46. The number of carbonyl (C=O) groups is 1. The van der Waals surface area contributed by atoms with E-state index < -0.39 is 24.7 Å². The Bertz CT molecular complexity index is 1390. The van der Waals surface area contributed by atoms with Gasteiger partial charge in [-0.15, -0.1) is 0 Å². The van der Waals surface area contributed by atoms with Gasteiger partial charge >= 0.3 is 13.7 Å². The van der Waals surface area contributed by atoms with Crippen LogP contribution in [-0.2, 0) is 20.5 Å². The summed E-state index contributed by atoms with van der Waals surface area (Å²) in [7, 11) is -4.25. The second-order valence-electron chi connectivity index (χ2n) is 7.74. The first-order chi connectivity index (χ1) is 17.4. The number of nitro groups is 1. The number of H-pyrrole nitrogens is 1. The van der Waals surface area contributed by atoms with Gasteiger partial charge < -0.3 is 18.8 Å². The average molecular weight is 509 g/mol. The number of fused-ring (bicyclic) bond motifs is 1. The van der Waals surface area contributed by atoms with Crippen molar-refractivity contribution >= 4 is 30.3 Å². The van der Waals surface area contributed by atoms with Gasteiger partial charge in [-0.05, 0) is 42.8 Å². The average Bonchev–Trinajstić information content (AvgIpc) is 3.27. The van der Waals surface area contributed by atoms with Crippen molar-refractivity contribution in [2.45, 2.75) is 19.4 Å². The smallest absolute Gasteiger partial charge is 0.465 e. The topological polar surface area (TPSA) is 133 Å². The van der Waals surface area contributed by atoms with E-state index in [1.807, 2.05) is 24.3 Å². The molecule has 11 heteroatoms. The zero-order valence-corrected chi connectivity index (χ0v) is 20.2. The zero-order valence-electron chi connectivity index (χ0n) is 19.3. The van der Waals surface area contributed by atoms with E-state index in [0.717, 1.165) is 16.5 Å². The normalized spacial score (nSPS) is 13.5. The standard InChI is InChI=1S/C25H24N3O7P/c1-2-33-25(29)24(16-18-17-26-23-11-7-6-10-22(18)23)27-36(32,34-20-8-4-3-5-9-20)35-21-14-12-19(13-15-21)28(30)31/h3-15,17,24,26H,2,16H2,1H3,(H,27,32)/t24-,36?/m0/s1. The third-order valence-electron chi connectivity index (χ3n) is 5.23. The van der Waals surface area contributed by atoms with Crippen LogP contribution in [0.3, 0.4) is 0 Å². The van der Waals surface area contributed by atoms with Gasteiger partial charge in [-0.2, -0.15) is 5.09 Å². The fourth-order valence-corrected chi connectivity index (χ4v) is 5.11. The Morgan fingerprint density at radius 3 is 2.31 bits per heavy atom. The summed E-state index contributed by atoms with van der Waals surface area (Å²) in [5.74, 6) is -0.334. The van der Waals surface area contributed by atoms with Gasteiger partial charge in [0, 0.05) is 35.7 Å². The lowest BCUT2D eigenvalue weighted by atomic mass is 10.1. The Labute approximate surface area is 206 Å². The molecular formula is C25H24N3O7P. The largest absolute Gasteiger partial charge is 0.513 e. The molecule has 0 aliphatic carbocycles. The van der Waals surface area contributed by atoms with E-state index in [-0.39, 0.29) is 30.2 Å². The molecule has 0 saturated carbocycles. The number of non-ortho nitro benzene ring substituents is 1. The predicted octanol–water partition coefficient (Wildman–Crippen LogP) is 5.41. The Balaban J connectivity index is 1.66. The number of benzene rings is 3. The van der Waals surface area contributed by atoms with Crippen LogP contribution in [0.25, 0.3) is 10.9 Å². The molecule has 0 saturated heterocycles. The van der Waals surface area contributed by atoms with Gasteiger partial charge in [0.05, 0.1) is 11.5 Å². The number of hydrogen-bond donors (Lipinski definition) is 2. The monoisotopic (exact) mass is 509 g/mol. The number of aromatic nitrogens is 1. The van der Waals surface area contributed by atoms with Gasteiger partial charge in [0.15, 0.2) is 0 Å². The number of hydrogen-bond acceptors (Lipinski definition) is 7. The van der Waals surface area contributed by atoms with Crippen molar-refractivity contribution < 1.29 is 28.1 Å². The minimum atomic E-state index is -4.25. The summed E-state index contributed by atoms with van der Waals surface area (Å²) in [5.41, 5.74) is 1.54. The van der Waals surface area contributed by atoms with Crippen LogP contribution in [0.2, 0.25) is 0 Å². The van der Waals surface area contributed by atoms with E-state index in [1.54, 1.807) is 43.5 Å². The summed E-state index contributed by atoms with van der Waals surface area (Å²) in [6, 6.07) is 19.9. The van der Waals surface area contributed by atoms with Gasteiger partial charge in [-0.3, -0.25) is 14.9 Å². The number of ether oxygens (including phenoxy) is 1. The minimum absolute atomic E-state index is 0.0575. The van der Waals surface area contributed by atoms with Crippen molar-refractivity contribution in [3.8, 4) is 11.5 Å². The lowest BCUT2D eigenvalue weighted by molar-refractivity contribution is -0.384. The molecule has 0 aliphatic rings. The number of esters is 1. The third-order valence-corrected chi connectivity index (χ3v) is 6.76. The van der Waals surface area contributed by atoms with Crippen LogP contribution >= 0.6 is 7.75 Å². The lowest BCUT2D eigenvalue weighted by Crippen LogP contribution is -2.40. The molecule has 0 spiro atoms. The van der Waals surface area contributed by atoms with Gasteiger partial charge in [0.25, 0.3) is 5.69 Å². The van der Waals surface area contributed by atoms with Crippen LogP contribution in [0.4, 0.5) is 5.69 Å². The maximum Gasteiger partial charge on any atom is 0.513 e. The fraction of sp³-hybridized carbons (Fsp3) is 0.160. The quantitative estimate of drug-likeness (QED) is 0.119. The summed E-state index contributed by atoms with van der Waals surface area (Å²) in [5, 5.41) is 14.6. The summed E-state index contributed by atoms with van der Waals surface area (Å²) >= 11 is 0. The van der Waals surface area contributed by atoms with E-state index in [0.29, 0.717) is 0 Å². The summed E-state index contributed by atoms with van der Waals surface area (Å²) in [6.07, 6.45) is 1.91. The molecule has 186 valence electrons. The van der Waals surface area contributed by atoms with Crippen LogP contribution < -0.4 is 14.1 Å². The van der Waals surface area contributed by atoms with E-state index in [2.05, 4.69) is 10.1 Å². The Morgan fingerprint density at radius 2 is 1.64 bits per heavy atom. The minimum Gasteiger partial charge on any atom is -0.465 e. The number of rotatable bonds is 11. The first-order valence-corrected chi connectivity index (χ1v) is 12.7. The molecule has 0 fully saturated rings. The molecule has 1 aromatic heterocycles. The Hall–Kier alpha value is -4.14. The van der Waals surface area contributed by atoms with Gasteiger partial charge in [0.2, 0.25) is 0 Å². The maximum atomic E-state index is 14.0.